The van der Waals surface area contributed by atoms with Crippen LogP contribution in [0.4, 0.5) is 5.69 Å². The van der Waals surface area contributed by atoms with Crippen LogP contribution in [0.15, 0.2) is 60.3 Å². The molecule has 1 aliphatic rings. The molecule has 0 unspecified atom stereocenters. The van der Waals surface area contributed by atoms with Gasteiger partial charge in [-0.05, 0) is 49.2 Å². The van der Waals surface area contributed by atoms with E-state index < -0.39 is 0 Å². The highest BCUT2D eigenvalue weighted by Crippen LogP contribution is 2.24. The Morgan fingerprint density at radius 1 is 1.12 bits per heavy atom. The summed E-state index contributed by atoms with van der Waals surface area (Å²) in [6, 6.07) is 16.7. The fraction of sp³-hybridized carbons (Fsp3) is 0.240. The summed E-state index contributed by atoms with van der Waals surface area (Å²) in [6.07, 6.45) is 7.50. The Hall–Kier alpha value is -3.56. The molecule has 6 nitrogen and oxygen atoms in total. The molecule has 0 bridgehead atoms. The van der Waals surface area contributed by atoms with Crippen LogP contribution in [0, 0.1) is 11.3 Å². The summed E-state index contributed by atoms with van der Waals surface area (Å²) in [4.78, 5) is 25.2. The molecule has 0 radical (unpaired) electrons. The third-order valence-corrected chi connectivity index (χ3v) is 5.87. The highest BCUT2D eigenvalue weighted by Gasteiger charge is 2.20. The van der Waals surface area contributed by atoms with Gasteiger partial charge in [0.1, 0.15) is 18.2 Å². The van der Waals surface area contributed by atoms with Crippen LogP contribution in [-0.4, -0.2) is 22.4 Å². The van der Waals surface area contributed by atoms with Crippen molar-refractivity contribution in [3.63, 3.8) is 0 Å². The molecule has 2 N–H and O–H groups in total. The number of fused-ring (bicyclic) bond motifs is 1. The smallest absolute Gasteiger partial charge is 0.262 e. The van der Waals surface area contributed by atoms with Gasteiger partial charge in [-0.15, -0.1) is 0 Å². The number of halogens is 1. The van der Waals surface area contributed by atoms with E-state index >= 15 is 0 Å². The van der Waals surface area contributed by atoms with E-state index in [1.807, 2.05) is 34.9 Å². The van der Waals surface area contributed by atoms with Gasteiger partial charge in [0.15, 0.2) is 0 Å². The van der Waals surface area contributed by atoms with E-state index in [9.17, 15) is 14.9 Å². The first-order valence-corrected chi connectivity index (χ1v) is 11.0. The first-order chi connectivity index (χ1) is 15.5. The topological polar surface area (TPSA) is 86.9 Å². The van der Waals surface area contributed by atoms with E-state index in [0.717, 1.165) is 42.1 Å². The molecule has 1 aromatic heterocycles. The lowest BCUT2D eigenvalue weighted by molar-refractivity contribution is -0.118. The number of hydrogen-bond donors (Lipinski definition) is 2. The maximum absolute atomic E-state index is 12.6. The van der Waals surface area contributed by atoms with Crippen molar-refractivity contribution >= 4 is 46.1 Å². The van der Waals surface area contributed by atoms with Crippen molar-refractivity contribution in [2.45, 2.75) is 38.3 Å². The molecular formula is C25H23ClN4O2. The molecule has 0 spiro atoms. The third-order valence-electron chi connectivity index (χ3n) is 5.62. The van der Waals surface area contributed by atoms with Crippen LogP contribution in [0.5, 0.6) is 0 Å². The standard InChI is InChI=1S/C25H23ClN4O2/c26-19-9-11-21(12-10-19)28-24(31)16-30-15-18(22-7-3-4-8-23(22)30)13-17(14-27)25(32)29-20-5-1-2-6-20/h3-4,7-13,15,20H,1-2,5-6,16H2,(H,28,31)(H,29,32)/b17-13-. The molecule has 1 aliphatic carbocycles. The Balaban J connectivity index is 1.57. The van der Waals surface area contributed by atoms with Gasteiger partial charge in [0.2, 0.25) is 5.91 Å². The lowest BCUT2D eigenvalue weighted by Gasteiger charge is -2.10. The molecule has 1 saturated carbocycles. The zero-order valence-electron chi connectivity index (χ0n) is 17.5. The number of carbonyl (C=O) groups is 2. The maximum Gasteiger partial charge on any atom is 0.262 e. The lowest BCUT2D eigenvalue weighted by atomic mass is 10.1. The molecule has 0 aliphatic heterocycles. The third kappa shape index (κ3) is 5.01. The molecule has 162 valence electrons. The highest BCUT2D eigenvalue weighted by atomic mass is 35.5. The van der Waals surface area contributed by atoms with Gasteiger partial charge in [0, 0.05) is 39.4 Å². The minimum atomic E-state index is -0.350. The fourth-order valence-electron chi connectivity index (χ4n) is 4.05. The van der Waals surface area contributed by atoms with Crippen LogP contribution in [0.3, 0.4) is 0 Å². The monoisotopic (exact) mass is 446 g/mol. The number of rotatable bonds is 6. The molecule has 2 aromatic carbocycles. The first kappa shape index (κ1) is 21.7. The van der Waals surface area contributed by atoms with Crippen LogP contribution >= 0.6 is 11.6 Å². The predicted octanol–water partition coefficient (Wildman–Crippen LogP) is 4.90. The van der Waals surface area contributed by atoms with E-state index in [1.165, 1.54) is 0 Å². The largest absolute Gasteiger partial charge is 0.349 e. The minimum absolute atomic E-state index is 0.0606. The van der Waals surface area contributed by atoms with Crippen molar-refractivity contribution in [2.75, 3.05) is 5.32 Å². The summed E-state index contributed by atoms with van der Waals surface area (Å²) >= 11 is 5.90. The Bertz CT molecular complexity index is 1210. The van der Waals surface area contributed by atoms with Gasteiger partial charge < -0.3 is 15.2 Å². The molecule has 2 amide bonds. The van der Waals surface area contributed by atoms with Crippen molar-refractivity contribution in [3.8, 4) is 6.07 Å². The number of nitrogens with zero attached hydrogens (tertiary/aromatic N) is 2. The van der Waals surface area contributed by atoms with Gasteiger partial charge in [-0.1, -0.05) is 42.6 Å². The Morgan fingerprint density at radius 2 is 1.84 bits per heavy atom. The van der Waals surface area contributed by atoms with Crippen LogP contribution in [0.1, 0.15) is 31.2 Å². The Morgan fingerprint density at radius 3 is 2.56 bits per heavy atom. The van der Waals surface area contributed by atoms with E-state index in [4.69, 9.17) is 11.6 Å². The number of anilines is 1. The number of nitrogens with one attached hydrogen (secondary N) is 2. The summed E-state index contributed by atoms with van der Waals surface area (Å²) in [7, 11) is 0. The van der Waals surface area contributed by atoms with Gasteiger partial charge in [0.25, 0.3) is 5.91 Å². The minimum Gasteiger partial charge on any atom is -0.349 e. The van der Waals surface area contributed by atoms with Gasteiger partial charge >= 0.3 is 0 Å². The first-order valence-electron chi connectivity index (χ1n) is 10.6. The summed E-state index contributed by atoms with van der Waals surface area (Å²) in [5.41, 5.74) is 2.29. The summed E-state index contributed by atoms with van der Waals surface area (Å²) < 4.78 is 1.82. The van der Waals surface area contributed by atoms with Crippen LogP contribution in [0.25, 0.3) is 17.0 Å². The van der Waals surface area contributed by atoms with E-state index in [2.05, 4.69) is 10.6 Å². The molecule has 7 heteroatoms. The zero-order chi connectivity index (χ0) is 22.5. The number of carbonyl (C=O) groups excluding carboxylic acids is 2. The second-order valence-electron chi connectivity index (χ2n) is 7.91. The van der Waals surface area contributed by atoms with Gasteiger partial charge in [-0.3, -0.25) is 9.59 Å². The second kappa shape index (κ2) is 9.71. The lowest BCUT2D eigenvalue weighted by Crippen LogP contribution is -2.33. The van der Waals surface area contributed by atoms with Crippen molar-refractivity contribution in [3.05, 3.63) is 70.9 Å². The highest BCUT2D eigenvalue weighted by molar-refractivity contribution is 6.30. The van der Waals surface area contributed by atoms with Crippen molar-refractivity contribution < 1.29 is 9.59 Å². The Labute approximate surface area is 191 Å². The van der Waals surface area contributed by atoms with Gasteiger partial charge in [-0.25, -0.2) is 0 Å². The number of hydrogen-bond acceptors (Lipinski definition) is 3. The average Bonchev–Trinajstić information content (AvgIpc) is 3.42. The summed E-state index contributed by atoms with van der Waals surface area (Å²) in [5, 5.41) is 16.9. The molecule has 0 atom stereocenters. The SMILES string of the molecule is N#C/C(=C/c1cn(CC(=O)Nc2ccc(Cl)cc2)c2ccccc12)C(=O)NC1CCCC1. The normalized spacial score (nSPS) is 14.3. The van der Waals surface area contributed by atoms with Gasteiger partial charge in [-0.2, -0.15) is 5.26 Å². The van der Waals surface area contributed by atoms with E-state index in [1.54, 1.807) is 36.5 Å². The Kier molecular flexibility index (Phi) is 6.58. The summed E-state index contributed by atoms with van der Waals surface area (Å²) in [6.45, 7) is 0.0904. The summed E-state index contributed by atoms with van der Waals surface area (Å²) in [5.74, 6) is -0.542. The second-order valence-corrected chi connectivity index (χ2v) is 8.35. The van der Waals surface area contributed by atoms with Crippen molar-refractivity contribution in [2.24, 2.45) is 0 Å². The number of amides is 2. The van der Waals surface area contributed by atoms with Crippen molar-refractivity contribution in [1.82, 2.24) is 9.88 Å². The molecule has 1 heterocycles. The predicted molar refractivity (Wildman–Crippen MR) is 126 cm³/mol. The van der Waals surface area contributed by atoms with Gasteiger partial charge in [0.05, 0.1) is 0 Å². The van der Waals surface area contributed by atoms with Crippen LogP contribution < -0.4 is 10.6 Å². The maximum atomic E-state index is 12.6. The number of benzene rings is 2. The number of aromatic nitrogens is 1. The number of para-hydroxylation sites is 1. The number of nitriles is 1. The molecular weight excluding hydrogens is 424 g/mol. The van der Waals surface area contributed by atoms with Crippen LogP contribution in [-0.2, 0) is 16.1 Å². The van der Waals surface area contributed by atoms with Crippen LogP contribution in [0.2, 0.25) is 5.02 Å². The van der Waals surface area contributed by atoms with E-state index in [-0.39, 0.29) is 30.0 Å². The van der Waals surface area contributed by atoms with E-state index in [0.29, 0.717) is 10.7 Å². The quantitative estimate of drug-likeness (QED) is 0.417. The molecule has 32 heavy (non-hydrogen) atoms. The average molecular weight is 447 g/mol. The fourth-order valence-corrected chi connectivity index (χ4v) is 4.17. The molecule has 3 aromatic rings. The zero-order valence-corrected chi connectivity index (χ0v) is 18.2. The molecule has 4 rings (SSSR count). The molecule has 1 fully saturated rings. The molecule has 0 saturated heterocycles. The van der Waals surface area contributed by atoms with Crippen molar-refractivity contribution in [1.29, 1.82) is 5.26 Å².